The first-order valence-electron chi connectivity index (χ1n) is 24.9. The summed E-state index contributed by atoms with van der Waals surface area (Å²) in [6, 6.07) is 0. The van der Waals surface area contributed by atoms with E-state index in [0.717, 1.165) is 64.2 Å². The molecule has 66 heavy (non-hydrogen) atoms. The Hall–Kier alpha value is -2.80. The SMILES string of the molecule is CC/C=C/C=C/C=C/C=C/CCCCCCCC(=O)OC[C@H](CO[C@@H]1O[C@H](CO[C@@H]2O[C@H](CO)[C@H](O)C(O)C2O)[C@H](O)C(O)C1O)OC(=O)CCCCC/C=C/CCCCCCCCCC. The summed E-state index contributed by atoms with van der Waals surface area (Å²) in [4.78, 5) is 25.7. The van der Waals surface area contributed by atoms with Gasteiger partial charge in [-0.1, -0.05) is 145 Å². The van der Waals surface area contributed by atoms with E-state index < -0.39 is 99.3 Å². The van der Waals surface area contributed by atoms with Crippen LogP contribution < -0.4 is 0 Å². The number of hydrogen-bond acceptors (Lipinski definition) is 15. The molecule has 2 aliphatic heterocycles. The van der Waals surface area contributed by atoms with E-state index in [1.807, 2.05) is 36.5 Å². The number of unbranched alkanes of at least 4 members (excludes halogenated alkanes) is 16. The molecule has 0 aromatic heterocycles. The zero-order chi connectivity index (χ0) is 48.2. The minimum absolute atomic E-state index is 0.137. The monoisotopic (exact) mass is 939 g/mol. The molecule has 15 heteroatoms. The first-order valence-corrected chi connectivity index (χ1v) is 24.9. The zero-order valence-electron chi connectivity index (χ0n) is 39.9. The molecular formula is C51H86O15. The van der Waals surface area contributed by atoms with E-state index in [0.29, 0.717) is 12.8 Å². The Morgan fingerprint density at radius 1 is 0.500 bits per heavy atom. The molecule has 0 aliphatic carbocycles. The molecule has 380 valence electrons. The van der Waals surface area contributed by atoms with Crippen molar-refractivity contribution in [2.45, 2.75) is 223 Å². The predicted octanol–water partition coefficient (Wildman–Crippen LogP) is 6.49. The van der Waals surface area contributed by atoms with Crippen LogP contribution in [0.15, 0.2) is 60.8 Å². The molecule has 0 saturated carbocycles. The van der Waals surface area contributed by atoms with Gasteiger partial charge in [0, 0.05) is 12.8 Å². The molecule has 0 amide bonds. The van der Waals surface area contributed by atoms with Gasteiger partial charge in [0.1, 0.15) is 55.4 Å². The van der Waals surface area contributed by atoms with Crippen LogP contribution in [-0.4, -0.2) is 142 Å². The van der Waals surface area contributed by atoms with Crippen molar-refractivity contribution in [1.82, 2.24) is 0 Å². The summed E-state index contributed by atoms with van der Waals surface area (Å²) in [7, 11) is 0. The Kier molecular flexibility index (Phi) is 34.2. The first-order chi connectivity index (χ1) is 32.0. The van der Waals surface area contributed by atoms with Crippen LogP contribution in [0, 0.1) is 0 Å². The van der Waals surface area contributed by atoms with E-state index in [4.69, 9.17) is 28.4 Å². The van der Waals surface area contributed by atoms with E-state index in [1.165, 1.54) is 51.4 Å². The highest BCUT2D eigenvalue weighted by atomic mass is 16.7. The van der Waals surface area contributed by atoms with Gasteiger partial charge in [-0.05, 0) is 57.8 Å². The molecule has 0 aromatic rings. The maximum absolute atomic E-state index is 13.0. The fourth-order valence-electron chi connectivity index (χ4n) is 7.46. The lowest BCUT2D eigenvalue weighted by atomic mass is 9.98. The maximum atomic E-state index is 13.0. The molecule has 4 unspecified atom stereocenters. The number of allylic oxidation sites excluding steroid dienone is 10. The molecule has 0 aromatic carbocycles. The van der Waals surface area contributed by atoms with E-state index in [1.54, 1.807) is 0 Å². The third-order valence-electron chi connectivity index (χ3n) is 11.6. The van der Waals surface area contributed by atoms with Crippen LogP contribution in [0.5, 0.6) is 0 Å². The second kappa shape index (κ2) is 38.1. The minimum atomic E-state index is -1.77. The predicted molar refractivity (Wildman–Crippen MR) is 252 cm³/mol. The van der Waals surface area contributed by atoms with E-state index in [9.17, 15) is 45.3 Å². The van der Waals surface area contributed by atoms with E-state index >= 15 is 0 Å². The lowest BCUT2D eigenvalue weighted by Gasteiger charge is -2.42. The van der Waals surface area contributed by atoms with Crippen molar-refractivity contribution in [3.8, 4) is 0 Å². The second-order valence-electron chi connectivity index (χ2n) is 17.3. The van der Waals surface area contributed by atoms with Gasteiger partial charge in [-0.2, -0.15) is 0 Å². The van der Waals surface area contributed by atoms with Crippen molar-refractivity contribution in [3.05, 3.63) is 60.8 Å². The number of hydrogen-bond donors (Lipinski definition) is 7. The molecular weight excluding hydrogens is 853 g/mol. The number of aliphatic hydroxyl groups is 7. The van der Waals surface area contributed by atoms with Crippen molar-refractivity contribution < 1.29 is 73.8 Å². The molecule has 2 fully saturated rings. The molecule has 7 N–H and O–H groups in total. The van der Waals surface area contributed by atoms with Gasteiger partial charge >= 0.3 is 11.9 Å². The number of rotatable bonds is 37. The Balaban J connectivity index is 1.84. The average molecular weight is 939 g/mol. The minimum Gasteiger partial charge on any atom is -0.462 e. The number of esters is 2. The van der Waals surface area contributed by atoms with Crippen LogP contribution >= 0.6 is 0 Å². The normalized spacial score (nSPS) is 26.7. The molecule has 11 atom stereocenters. The van der Waals surface area contributed by atoms with Gasteiger partial charge in [0.05, 0.1) is 19.8 Å². The van der Waals surface area contributed by atoms with Gasteiger partial charge in [0.15, 0.2) is 18.7 Å². The van der Waals surface area contributed by atoms with E-state index in [-0.39, 0.29) is 19.4 Å². The van der Waals surface area contributed by atoms with Crippen LogP contribution in [0.4, 0.5) is 0 Å². The Bertz CT molecular complexity index is 1380. The summed E-state index contributed by atoms with van der Waals surface area (Å²) < 4.78 is 33.5. The third-order valence-corrected chi connectivity index (χ3v) is 11.6. The number of ether oxygens (including phenoxy) is 6. The summed E-state index contributed by atoms with van der Waals surface area (Å²) >= 11 is 0. The van der Waals surface area contributed by atoms with Crippen molar-refractivity contribution in [2.75, 3.05) is 26.4 Å². The zero-order valence-corrected chi connectivity index (χ0v) is 39.9. The molecule has 0 radical (unpaired) electrons. The summed E-state index contributed by atoms with van der Waals surface area (Å²) in [5.74, 6) is -0.975. The summed E-state index contributed by atoms with van der Waals surface area (Å²) in [6.07, 6.45) is 25.4. The standard InChI is InChI=1S/C51H86O15/c1-3-5-7-9-11-13-15-17-19-21-23-25-27-29-31-33-42(53)61-36-39(64-43(54)34-32-30-28-26-24-22-20-18-16-14-12-10-8-6-4-2)37-62-50-49(60)47(58)45(56)41(66-50)38-63-51-48(59)46(57)44(55)40(35-52)65-51/h5,7,9,11,13,15,17,19,22,24,39-41,44-52,55-60H,3-4,6,8,10,12,14,16,18,20-21,23,25-38H2,1-2H3/b7-5+,11-9+,15-13+,19-17+,24-22+/t39-,40-,41-,44+,45+,46?,47?,48?,49?,50-,51-/m1/s1. The maximum Gasteiger partial charge on any atom is 0.306 e. The lowest BCUT2D eigenvalue weighted by molar-refractivity contribution is -0.332. The van der Waals surface area contributed by atoms with Gasteiger partial charge in [-0.3, -0.25) is 9.59 Å². The molecule has 2 saturated heterocycles. The molecule has 2 heterocycles. The van der Waals surface area contributed by atoms with Crippen LogP contribution in [0.2, 0.25) is 0 Å². The van der Waals surface area contributed by atoms with Crippen LogP contribution in [-0.2, 0) is 38.0 Å². The van der Waals surface area contributed by atoms with E-state index in [2.05, 4.69) is 38.2 Å². The van der Waals surface area contributed by atoms with Crippen LogP contribution in [0.3, 0.4) is 0 Å². The first kappa shape index (κ1) is 59.3. The topological polar surface area (TPSA) is 231 Å². The fourth-order valence-corrected chi connectivity index (χ4v) is 7.46. The lowest BCUT2D eigenvalue weighted by Crippen LogP contribution is -2.61. The van der Waals surface area contributed by atoms with Crippen molar-refractivity contribution in [2.24, 2.45) is 0 Å². The smallest absolute Gasteiger partial charge is 0.306 e. The van der Waals surface area contributed by atoms with Gasteiger partial charge in [0.25, 0.3) is 0 Å². The summed E-state index contributed by atoms with van der Waals surface area (Å²) in [5.41, 5.74) is 0. The van der Waals surface area contributed by atoms with Crippen LogP contribution in [0.25, 0.3) is 0 Å². The molecule has 0 bridgehead atoms. The van der Waals surface area contributed by atoms with Gasteiger partial charge < -0.3 is 64.2 Å². The highest BCUT2D eigenvalue weighted by Crippen LogP contribution is 2.26. The molecule has 0 spiro atoms. The number of aliphatic hydroxyl groups excluding tert-OH is 7. The average Bonchev–Trinajstić information content (AvgIpc) is 3.31. The molecule has 15 nitrogen and oxygen atoms in total. The van der Waals surface area contributed by atoms with Gasteiger partial charge in [-0.25, -0.2) is 0 Å². The highest BCUT2D eigenvalue weighted by molar-refractivity contribution is 5.70. The Morgan fingerprint density at radius 2 is 0.970 bits per heavy atom. The van der Waals surface area contributed by atoms with Crippen molar-refractivity contribution in [3.63, 3.8) is 0 Å². The quantitative estimate of drug-likeness (QED) is 0.0153. The van der Waals surface area contributed by atoms with Crippen LogP contribution in [0.1, 0.15) is 155 Å². The Labute approximate surface area is 394 Å². The second-order valence-corrected chi connectivity index (χ2v) is 17.3. The number of carbonyl (C=O) groups excluding carboxylic acids is 2. The van der Waals surface area contributed by atoms with Gasteiger partial charge in [-0.15, -0.1) is 0 Å². The largest absolute Gasteiger partial charge is 0.462 e. The number of carbonyl (C=O) groups is 2. The third kappa shape index (κ3) is 26.1. The summed E-state index contributed by atoms with van der Waals surface area (Å²) in [5, 5.41) is 72.0. The molecule has 2 rings (SSSR count). The summed E-state index contributed by atoms with van der Waals surface area (Å²) in [6.45, 7) is 2.39. The fraction of sp³-hybridized carbons (Fsp3) is 0.765. The Morgan fingerprint density at radius 3 is 1.56 bits per heavy atom. The van der Waals surface area contributed by atoms with Crippen molar-refractivity contribution >= 4 is 11.9 Å². The van der Waals surface area contributed by atoms with Crippen molar-refractivity contribution in [1.29, 1.82) is 0 Å². The van der Waals surface area contributed by atoms with Gasteiger partial charge in [0.2, 0.25) is 0 Å². The molecule has 2 aliphatic rings. The highest BCUT2D eigenvalue weighted by Gasteiger charge is 2.47.